The summed E-state index contributed by atoms with van der Waals surface area (Å²) in [6.07, 6.45) is 0.925. The average Bonchev–Trinajstić information content (AvgIpc) is 3.32. The van der Waals surface area contributed by atoms with Crippen LogP contribution in [0.5, 0.6) is 5.75 Å². The molecule has 1 aliphatic carbocycles. The smallest absolute Gasteiger partial charge is 0.231 e. The van der Waals surface area contributed by atoms with Gasteiger partial charge in [0.2, 0.25) is 5.91 Å². The maximum absolute atomic E-state index is 12.8. The molecule has 3 aromatic carbocycles. The van der Waals surface area contributed by atoms with Crippen molar-refractivity contribution < 1.29 is 9.53 Å². The van der Waals surface area contributed by atoms with Gasteiger partial charge in [-0.2, -0.15) is 0 Å². The molecular weight excluding hydrogens is 406 g/mol. The monoisotopic (exact) mass is 427 g/mol. The van der Waals surface area contributed by atoms with E-state index in [9.17, 15) is 4.79 Å². The molecule has 0 bridgehead atoms. The fourth-order valence-corrected chi connectivity index (χ4v) is 5.43. The summed E-state index contributed by atoms with van der Waals surface area (Å²) < 4.78 is 6.39. The van der Waals surface area contributed by atoms with Gasteiger partial charge in [0, 0.05) is 18.8 Å². The van der Waals surface area contributed by atoms with E-state index in [1.807, 2.05) is 24.3 Å². The van der Waals surface area contributed by atoms with Crippen molar-refractivity contribution in [3.63, 3.8) is 0 Å². The van der Waals surface area contributed by atoms with Gasteiger partial charge in [0.15, 0.2) is 5.13 Å². The van der Waals surface area contributed by atoms with Crippen molar-refractivity contribution >= 4 is 38.3 Å². The summed E-state index contributed by atoms with van der Waals surface area (Å²) in [4.78, 5) is 19.6. The fourth-order valence-electron chi connectivity index (χ4n) is 4.42. The second kappa shape index (κ2) is 7.10. The van der Waals surface area contributed by atoms with Crippen LogP contribution in [0.15, 0.2) is 60.7 Å². The summed E-state index contributed by atoms with van der Waals surface area (Å²) in [5.41, 5.74) is 7.05. The molecule has 1 aromatic heterocycles. The molecule has 1 saturated heterocycles. The Morgan fingerprint density at radius 1 is 1.06 bits per heavy atom. The van der Waals surface area contributed by atoms with Crippen LogP contribution in [0.1, 0.15) is 11.1 Å². The number of fused-ring (bicyclic) bond motifs is 4. The van der Waals surface area contributed by atoms with E-state index in [-0.39, 0.29) is 11.8 Å². The number of methoxy groups -OCH3 is 1. The number of aromatic nitrogens is 1. The number of rotatable bonds is 4. The summed E-state index contributed by atoms with van der Waals surface area (Å²) in [6, 6.07) is 20.7. The number of carbonyl (C=O) groups excluding carboxylic acids is 1. The normalized spacial score (nSPS) is 14.8. The van der Waals surface area contributed by atoms with Gasteiger partial charge >= 0.3 is 0 Å². The molecule has 1 N–H and O–H groups in total. The Bertz CT molecular complexity index is 1320. The van der Waals surface area contributed by atoms with Gasteiger partial charge in [-0.1, -0.05) is 41.7 Å². The molecule has 1 amide bonds. The zero-order valence-corrected chi connectivity index (χ0v) is 17.9. The van der Waals surface area contributed by atoms with Crippen molar-refractivity contribution in [1.29, 1.82) is 0 Å². The van der Waals surface area contributed by atoms with E-state index in [0.717, 1.165) is 33.2 Å². The van der Waals surface area contributed by atoms with Gasteiger partial charge in [-0.25, -0.2) is 4.98 Å². The summed E-state index contributed by atoms with van der Waals surface area (Å²) >= 11 is 1.64. The fraction of sp³-hybridized carbons (Fsp3) is 0.200. The number of carbonyl (C=O) groups is 1. The molecule has 0 atom stereocenters. The van der Waals surface area contributed by atoms with Gasteiger partial charge in [-0.05, 0) is 59.0 Å². The number of amides is 1. The minimum atomic E-state index is -0.0213. The highest BCUT2D eigenvalue weighted by molar-refractivity contribution is 7.22. The van der Waals surface area contributed by atoms with E-state index in [4.69, 9.17) is 9.72 Å². The van der Waals surface area contributed by atoms with Gasteiger partial charge in [-0.15, -0.1) is 0 Å². The standard InChI is InChI=1S/C25H21N3O2S/c1-30-19-7-9-22-23(12-19)31-25(27-22)28-13-17(14-28)24(29)26-18-6-8-21-16(11-18)10-15-4-2-3-5-20(15)21/h2-9,11-12,17H,10,13-14H2,1H3,(H,26,29). The first-order chi connectivity index (χ1) is 15.2. The van der Waals surface area contributed by atoms with Crippen LogP contribution in [0.25, 0.3) is 21.3 Å². The maximum atomic E-state index is 12.8. The van der Waals surface area contributed by atoms with E-state index >= 15 is 0 Å². The van der Waals surface area contributed by atoms with Gasteiger partial charge in [0.05, 0.1) is 23.2 Å². The highest BCUT2D eigenvalue weighted by Crippen LogP contribution is 2.38. The van der Waals surface area contributed by atoms with Crippen molar-refractivity contribution in [2.45, 2.75) is 6.42 Å². The lowest BCUT2D eigenvalue weighted by molar-refractivity contribution is -0.120. The molecule has 2 heterocycles. The van der Waals surface area contributed by atoms with E-state index in [1.165, 1.54) is 22.3 Å². The Labute approximate surface area is 184 Å². The van der Waals surface area contributed by atoms with Crippen molar-refractivity contribution in [2.24, 2.45) is 5.92 Å². The summed E-state index contributed by atoms with van der Waals surface area (Å²) in [5.74, 6) is 0.891. The Kier molecular flexibility index (Phi) is 4.21. The van der Waals surface area contributed by atoms with Crippen LogP contribution in [0.4, 0.5) is 10.8 Å². The van der Waals surface area contributed by atoms with Crippen molar-refractivity contribution in [2.75, 3.05) is 30.4 Å². The van der Waals surface area contributed by atoms with Crippen molar-refractivity contribution in [1.82, 2.24) is 4.98 Å². The molecule has 0 unspecified atom stereocenters. The van der Waals surface area contributed by atoms with Gasteiger partial charge < -0.3 is 15.0 Å². The lowest BCUT2D eigenvalue weighted by atomic mass is 9.99. The second-order valence-electron chi connectivity index (χ2n) is 8.13. The number of benzene rings is 3. The van der Waals surface area contributed by atoms with Crippen LogP contribution in [0.3, 0.4) is 0 Å². The molecule has 4 aromatic rings. The first-order valence-electron chi connectivity index (χ1n) is 10.4. The molecule has 6 rings (SSSR count). The molecule has 154 valence electrons. The van der Waals surface area contributed by atoms with Crippen LogP contribution in [-0.2, 0) is 11.2 Å². The highest BCUT2D eigenvalue weighted by atomic mass is 32.1. The zero-order valence-electron chi connectivity index (χ0n) is 17.1. The van der Waals surface area contributed by atoms with Gasteiger partial charge in [0.25, 0.3) is 0 Å². The Hall–Kier alpha value is -3.38. The number of nitrogens with one attached hydrogen (secondary N) is 1. The number of ether oxygens (including phenoxy) is 1. The van der Waals surface area contributed by atoms with Crippen LogP contribution < -0.4 is 15.0 Å². The molecular formula is C25H21N3O2S. The van der Waals surface area contributed by atoms with Gasteiger partial charge in [-0.3, -0.25) is 4.79 Å². The van der Waals surface area contributed by atoms with Crippen LogP contribution in [-0.4, -0.2) is 31.1 Å². The number of nitrogens with zero attached hydrogens (tertiary/aromatic N) is 2. The van der Waals surface area contributed by atoms with E-state index < -0.39 is 0 Å². The molecule has 31 heavy (non-hydrogen) atoms. The summed E-state index contributed by atoms with van der Waals surface area (Å²) in [7, 11) is 1.67. The number of hydrogen-bond acceptors (Lipinski definition) is 5. The lowest BCUT2D eigenvalue weighted by Crippen LogP contribution is -2.52. The third kappa shape index (κ3) is 3.15. The van der Waals surface area contributed by atoms with Crippen molar-refractivity contribution in [3.8, 4) is 16.9 Å². The molecule has 5 nitrogen and oxygen atoms in total. The van der Waals surface area contributed by atoms with Gasteiger partial charge in [0.1, 0.15) is 5.75 Å². The zero-order chi connectivity index (χ0) is 20.9. The molecule has 6 heteroatoms. The van der Waals surface area contributed by atoms with E-state index in [1.54, 1.807) is 18.4 Å². The third-order valence-corrected chi connectivity index (χ3v) is 7.25. The SMILES string of the molecule is COc1ccc2nc(N3CC(C(=O)Nc4ccc5c(c4)Cc4ccccc4-5)C3)sc2c1. The molecule has 1 fully saturated rings. The van der Waals surface area contributed by atoms with Crippen LogP contribution in [0.2, 0.25) is 0 Å². The average molecular weight is 428 g/mol. The quantitative estimate of drug-likeness (QED) is 0.441. The Balaban J connectivity index is 1.12. The predicted molar refractivity (Wildman–Crippen MR) is 125 cm³/mol. The van der Waals surface area contributed by atoms with E-state index in [2.05, 4.69) is 46.6 Å². The molecule has 2 aliphatic rings. The lowest BCUT2D eigenvalue weighted by Gasteiger charge is -2.37. The molecule has 0 radical (unpaired) electrons. The maximum Gasteiger partial charge on any atom is 0.231 e. The summed E-state index contributed by atoms with van der Waals surface area (Å²) in [6.45, 7) is 1.39. The predicted octanol–water partition coefficient (Wildman–Crippen LogP) is 4.95. The number of anilines is 2. The molecule has 0 spiro atoms. The minimum Gasteiger partial charge on any atom is -0.497 e. The molecule has 1 aliphatic heterocycles. The van der Waals surface area contributed by atoms with Crippen LogP contribution in [0, 0.1) is 5.92 Å². The Morgan fingerprint density at radius 2 is 1.90 bits per heavy atom. The second-order valence-corrected chi connectivity index (χ2v) is 9.14. The third-order valence-electron chi connectivity index (χ3n) is 6.17. The number of thiazole rings is 1. The van der Waals surface area contributed by atoms with Crippen molar-refractivity contribution in [3.05, 3.63) is 71.8 Å². The topological polar surface area (TPSA) is 54.5 Å². The highest BCUT2D eigenvalue weighted by Gasteiger charge is 2.34. The Morgan fingerprint density at radius 3 is 2.77 bits per heavy atom. The van der Waals surface area contributed by atoms with E-state index in [0.29, 0.717) is 13.1 Å². The summed E-state index contributed by atoms with van der Waals surface area (Å²) in [5, 5.41) is 4.08. The first kappa shape index (κ1) is 18.4. The number of hydrogen-bond donors (Lipinski definition) is 1. The first-order valence-corrected chi connectivity index (χ1v) is 11.2. The molecule has 0 saturated carbocycles. The minimum absolute atomic E-state index is 0.0213. The largest absolute Gasteiger partial charge is 0.497 e. The van der Waals surface area contributed by atoms with Crippen LogP contribution >= 0.6 is 11.3 Å².